The predicted molar refractivity (Wildman–Crippen MR) is 49.4 cm³/mol. The number of rotatable bonds is 3. The van der Waals surface area contributed by atoms with Crippen LogP contribution in [0.15, 0.2) is 18.3 Å². The number of pyridine rings is 1. The summed E-state index contributed by atoms with van der Waals surface area (Å²) in [4.78, 5) is 3.34. The Labute approximate surface area is 94.0 Å². The minimum atomic E-state index is -4.40. The van der Waals surface area contributed by atoms with E-state index in [1.165, 1.54) is 12.3 Å². The first-order chi connectivity index (χ1) is 6.95. The molecule has 0 aliphatic carbocycles. The number of halogens is 3. The number of aromatic nitrogens is 1. The minimum absolute atomic E-state index is 0.000435. The van der Waals surface area contributed by atoms with Gasteiger partial charge in [-0.2, -0.15) is 0 Å². The van der Waals surface area contributed by atoms with Gasteiger partial charge in [-0.3, -0.25) is 0 Å². The number of hydrogen-bond donors (Lipinski definition) is 1. The van der Waals surface area contributed by atoms with Crippen LogP contribution >= 0.6 is 0 Å². The standard InChI is InChI=1S/C9H9AsF3NO/c10-7(3-4-15)6-1-2-8(14-5-6)9(11,12)13/h1-2,5,7,15H,3-4H2. The Morgan fingerprint density at radius 3 is 2.47 bits per heavy atom. The van der Waals surface area contributed by atoms with Crippen LogP contribution in [-0.4, -0.2) is 33.6 Å². The SMILES string of the molecule is OCCC([As])c1ccc(C(F)(F)F)nc1. The van der Waals surface area contributed by atoms with Gasteiger partial charge in [-0.05, 0) is 0 Å². The van der Waals surface area contributed by atoms with Crippen molar-refractivity contribution in [2.45, 2.75) is 17.3 Å². The van der Waals surface area contributed by atoms with Crippen molar-refractivity contribution in [3.8, 4) is 0 Å². The van der Waals surface area contributed by atoms with Crippen molar-refractivity contribution in [1.29, 1.82) is 0 Å². The number of aliphatic hydroxyl groups is 1. The molecule has 0 spiro atoms. The zero-order chi connectivity index (χ0) is 11.5. The zero-order valence-corrected chi connectivity index (χ0v) is 9.58. The molecule has 2 radical (unpaired) electrons. The molecule has 1 atom stereocenters. The predicted octanol–water partition coefficient (Wildman–Crippen LogP) is 1.69. The summed E-state index contributed by atoms with van der Waals surface area (Å²) in [6, 6.07) is 2.33. The molecule has 0 aromatic carbocycles. The van der Waals surface area contributed by atoms with Gasteiger partial charge in [0, 0.05) is 0 Å². The maximum atomic E-state index is 12.2. The number of hydrogen-bond acceptors (Lipinski definition) is 2. The van der Waals surface area contributed by atoms with E-state index in [-0.39, 0.29) is 11.3 Å². The fourth-order valence-electron chi connectivity index (χ4n) is 1.06. The number of nitrogens with zero attached hydrogens (tertiary/aromatic N) is 1. The topological polar surface area (TPSA) is 33.1 Å². The molecule has 6 heteroatoms. The van der Waals surface area contributed by atoms with Gasteiger partial charge in [-0.1, -0.05) is 0 Å². The van der Waals surface area contributed by atoms with Crippen LogP contribution in [0, 0.1) is 0 Å². The quantitative estimate of drug-likeness (QED) is 0.854. The molecule has 0 bridgehead atoms. The molecule has 1 unspecified atom stereocenters. The summed E-state index contributed by atoms with van der Waals surface area (Å²) in [6.45, 7) is 0.000435. The van der Waals surface area contributed by atoms with Crippen molar-refractivity contribution >= 4 is 16.9 Å². The van der Waals surface area contributed by atoms with Crippen molar-refractivity contribution in [2.75, 3.05) is 6.61 Å². The van der Waals surface area contributed by atoms with E-state index in [0.29, 0.717) is 12.0 Å². The second kappa shape index (κ2) is 4.99. The van der Waals surface area contributed by atoms with Crippen LogP contribution in [-0.2, 0) is 6.18 Å². The van der Waals surface area contributed by atoms with E-state index < -0.39 is 11.9 Å². The fraction of sp³-hybridized carbons (Fsp3) is 0.444. The Morgan fingerprint density at radius 1 is 1.40 bits per heavy atom. The molecule has 1 aromatic rings. The van der Waals surface area contributed by atoms with E-state index in [4.69, 9.17) is 5.11 Å². The third kappa shape index (κ3) is 3.50. The Kier molecular flexibility index (Phi) is 4.17. The van der Waals surface area contributed by atoms with E-state index in [1.54, 1.807) is 0 Å². The molecule has 0 fully saturated rings. The summed E-state index contributed by atoms with van der Waals surface area (Å²) < 4.78 is 36.4. The van der Waals surface area contributed by atoms with Crippen LogP contribution in [0.3, 0.4) is 0 Å². The zero-order valence-electron chi connectivity index (χ0n) is 7.70. The Bertz CT molecular complexity index is 312. The molecular weight excluding hydrogens is 270 g/mol. The molecule has 0 saturated heterocycles. The van der Waals surface area contributed by atoms with E-state index >= 15 is 0 Å². The fourth-order valence-corrected chi connectivity index (χ4v) is 1.62. The molecule has 1 heterocycles. The molecule has 1 aromatic heterocycles. The van der Waals surface area contributed by atoms with Gasteiger partial charge >= 0.3 is 93.6 Å². The Balaban J connectivity index is 2.81. The molecule has 0 saturated carbocycles. The third-order valence-corrected chi connectivity index (χ3v) is 3.03. The van der Waals surface area contributed by atoms with Gasteiger partial charge in [-0.25, -0.2) is 0 Å². The molecule has 15 heavy (non-hydrogen) atoms. The van der Waals surface area contributed by atoms with Gasteiger partial charge in [-0.15, -0.1) is 0 Å². The summed E-state index contributed by atoms with van der Waals surface area (Å²) in [5.41, 5.74) is -0.216. The van der Waals surface area contributed by atoms with E-state index in [2.05, 4.69) is 21.8 Å². The first-order valence-electron chi connectivity index (χ1n) is 4.27. The van der Waals surface area contributed by atoms with Gasteiger partial charge in [0.15, 0.2) is 0 Å². The number of alkyl halides is 3. The van der Waals surface area contributed by atoms with Crippen LogP contribution in [0.25, 0.3) is 0 Å². The first-order valence-corrected chi connectivity index (χ1v) is 5.35. The van der Waals surface area contributed by atoms with Crippen molar-refractivity contribution in [3.63, 3.8) is 0 Å². The Hall–Kier alpha value is -0.542. The van der Waals surface area contributed by atoms with Crippen LogP contribution < -0.4 is 0 Å². The summed E-state index contributed by atoms with van der Waals surface area (Å²) in [5, 5.41) is 8.67. The van der Waals surface area contributed by atoms with Gasteiger partial charge in [0.25, 0.3) is 0 Å². The van der Waals surface area contributed by atoms with Crippen molar-refractivity contribution in [2.24, 2.45) is 0 Å². The average Bonchev–Trinajstić information content (AvgIpc) is 2.17. The normalized spacial score (nSPS) is 13.9. The van der Waals surface area contributed by atoms with E-state index in [1.807, 2.05) is 0 Å². The van der Waals surface area contributed by atoms with Crippen LogP contribution in [0.1, 0.15) is 22.4 Å². The summed E-state index contributed by atoms with van der Waals surface area (Å²) in [7, 11) is 0. The second-order valence-corrected chi connectivity index (χ2v) is 4.31. The molecular formula is C9H9AsF3NO. The number of aliphatic hydroxyl groups excluding tert-OH is 1. The molecule has 1 rings (SSSR count). The van der Waals surface area contributed by atoms with Crippen molar-refractivity contribution in [1.82, 2.24) is 4.98 Å². The molecule has 2 nitrogen and oxygen atoms in total. The van der Waals surface area contributed by atoms with Gasteiger partial charge in [0.05, 0.1) is 0 Å². The average molecular weight is 279 g/mol. The van der Waals surface area contributed by atoms with Gasteiger partial charge < -0.3 is 0 Å². The summed E-state index contributed by atoms with van der Waals surface area (Å²) in [6.07, 6.45) is -2.71. The van der Waals surface area contributed by atoms with Crippen LogP contribution in [0.5, 0.6) is 0 Å². The van der Waals surface area contributed by atoms with Gasteiger partial charge in [0.2, 0.25) is 0 Å². The van der Waals surface area contributed by atoms with Crippen molar-refractivity contribution in [3.05, 3.63) is 29.6 Å². The van der Waals surface area contributed by atoms with Gasteiger partial charge in [0.1, 0.15) is 0 Å². The molecule has 1 N–H and O–H groups in total. The second-order valence-electron chi connectivity index (χ2n) is 3.00. The Morgan fingerprint density at radius 2 is 2.07 bits per heavy atom. The summed E-state index contributed by atoms with van der Waals surface area (Å²) in [5.74, 6) is 0. The molecule has 0 aliphatic rings. The maximum absolute atomic E-state index is 12.2. The third-order valence-electron chi connectivity index (χ3n) is 1.86. The van der Waals surface area contributed by atoms with E-state index in [0.717, 1.165) is 6.07 Å². The molecule has 0 amide bonds. The summed E-state index contributed by atoms with van der Waals surface area (Å²) >= 11 is 2.30. The first kappa shape index (κ1) is 12.5. The molecule has 0 aliphatic heterocycles. The van der Waals surface area contributed by atoms with Crippen LogP contribution in [0.4, 0.5) is 13.2 Å². The van der Waals surface area contributed by atoms with Crippen molar-refractivity contribution < 1.29 is 18.3 Å². The van der Waals surface area contributed by atoms with E-state index in [9.17, 15) is 13.2 Å². The molecule has 82 valence electrons. The van der Waals surface area contributed by atoms with Crippen LogP contribution in [0.2, 0.25) is 0 Å². The monoisotopic (exact) mass is 279 g/mol.